The van der Waals surface area contributed by atoms with Crippen LogP contribution in [0.1, 0.15) is 0 Å². The molecule has 0 aliphatic carbocycles. The molecular weight excluding hydrogens is 272 g/mol. The number of fused-ring (bicyclic) bond motifs is 1. The van der Waals surface area contributed by atoms with E-state index in [0.717, 1.165) is 5.52 Å². The summed E-state index contributed by atoms with van der Waals surface area (Å²) in [6.45, 7) is 0. The summed E-state index contributed by atoms with van der Waals surface area (Å²) in [5.74, 6) is 1.32. The van der Waals surface area contributed by atoms with Gasteiger partial charge in [0.25, 0.3) is 0 Å². The fourth-order valence-corrected chi connectivity index (χ4v) is 1.95. The lowest BCUT2D eigenvalue weighted by molar-refractivity contribution is 0.445. The second kappa shape index (κ2) is 3.38. The fraction of sp³-hybridized carbons (Fsp3) is 0. The van der Waals surface area contributed by atoms with Crippen molar-refractivity contribution in [1.29, 1.82) is 0 Å². The van der Waals surface area contributed by atoms with Gasteiger partial charge in [-0.1, -0.05) is 6.07 Å². The van der Waals surface area contributed by atoms with E-state index >= 15 is 0 Å². The lowest BCUT2D eigenvalue weighted by atomic mass is 10.4. The highest BCUT2D eigenvalue weighted by Crippen LogP contribution is 2.27. The lowest BCUT2D eigenvalue weighted by Crippen LogP contribution is -1.88. The summed E-state index contributed by atoms with van der Waals surface area (Å²) in [6, 6.07) is 8.83. The number of hydrogen-bond acceptors (Lipinski definition) is 3. The van der Waals surface area contributed by atoms with E-state index in [-0.39, 0.29) is 5.88 Å². The molecule has 0 fully saturated rings. The van der Waals surface area contributed by atoms with Crippen molar-refractivity contribution < 1.29 is 9.52 Å². The molecule has 0 aliphatic heterocycles. The van der Waals surface area contributed by atoms with Crippen LogP contribution < -0.4 is 0 Å². The summed E-state index contributed by atoms with van der Waals surface area (Å²) >= 11 is 3.23. The zero-order chi connectivity index (χ0) is 11.1. The van der Waals surface area contributed by atoms with Gasteiger partial charge < -0.3 is 9.52 Å². The van der Waals surface area contributed by atoms with Gasteiger partial charge in [0.1, 0.15) is 0 Å². The molecule has 4 nitrogen and oxygen atoms in total. The standard InChI is InChI=1S/C11H7BrN2O2/c12-9-5-4-8(16-9)11-13-6-7-2-1-3-10(15)14(7)11/h1-6,15H. The van der Waals surface area contributed by atoms with Gasteiger partial charge in [-0.25, -0.2) is 4.98 Å². The first-order valence-electron chi connectivity index (χ1n) is 4.67. The number of nitrogens with zero attached hydrogens (tertiary/aromatic N) is 2. The van der Waals surface area contributed by atoms with Crippen molar-refractivity contribution in [3.8, 4) is 17.5 Å². The monoisotopic (exact) mass is 278 g/mol. The first-order valence-corrected chi connectivity index (χ1v) is 5.46. The van der Waals surface area contributed by atoms with Crippen molar-refractivity contribution in [3.05, 3.63) is 41.2 Å². The van der Waals surface area contributed by atoms with Crippen molar-refractivity contribution in [3.63, 3.8) is 0 Å². The molecule has 3 rings (SSSR count). The zero-order valence-electron chi connectivity index (χ0n) is 8.09. The highest BCUT2D eigenvalue weighted by Gasteiger charge is 2.12. The van der Waals surface area contributed by atoms with Crippen LogP contribution in [-0.4, -0.2) is 14.5 Å². The minimum atomic E-state index is 0.137. The first kappa shape index (κ1) is 9.47. The molecule has 0 bridgehead atoms. The van der Waals surface area contributed by atoms with Crippen LogP contribution in [0, 0.1) is 0 Å². The zero-order valence-corrected chi connectivity index (χ0v) is 9.68. The minimum absolute atomic E-state index is 0.137. The van der Waals surface area contributed by atoms with E-state index in [1.54, 1.807) is 34.9 Å². The van der Waals surface area contributed by atoms with Crippen molar-refractivity contribution in [2.24, 2.45) is 0 Å². The average molecular weight is 279 g/mol. The predicted molar refractivity (Wildman–Crippen MR) is 62.3 cm³/mol. The molecule has 3 aromatic rings. The Kier molecular flexibility index (Phi) is 2.00. The number of rotatable bonds is 1. The Morgan fingerprint density at radius 3 is 2.88 bits per heavy atom. The Bertz CT molecular complexity index is 657. The van der Waals surface area contributed by atoms with Crippen LogP contribution in [0.25, 0.3) is 17.1 Å². The second-order valence-corrected chi connectivity index (χ2v) is 4.11. The van der Waals surface area contributed by atoms with E-state index in [1.165, 1.54) is 0 Å². The highest BCUT2D eigenvalue weighted by molar-refractivity contribution is 9.10. The molecule has 0 aromatic carbocycles. The molecule has 0 aliphatic rings. The lowest BCUT2D eigenvalue weighted by Gasteiger charge is -2.00. The number of aromatic hydroxyl groups is 1. The Morgan fingerprint density at radius 1 is 1.25 bits per heavy atom. The molecule has 0 spiro atoms. The van der Waals surface area contributed by atoms with Crippen LogP contribution in [0.15, 0.2) is 45.6 Å². The molecule has 3 heterocycles. The second-order valence-electron chi connectivity index (χ2n) is 3.33. The van der Waals surface area contributed by atoms with E-state index in [0.29, 0.717) is 16.3 Å². The molecule has 0 saturated carbocycles. The summed E-state index contributed by atoms with van der Waals surface area (Å²) in [7, 11) is 0. The molecule has 0 saturated heterocycles. The molecule has 5 heteroatoms. The van der Waals surface area contributed by atoms with Crippen LogP contribution in [0.5, 0.6) is 5.88 Å². The molecule has 80 valence electrons. The summed E-state index contributed by atoms with van der Waals surface area (Å²) in [5.41, 5.74) is 0.822. The van der Waals surface area contributed by atoms with Gasteiger partial charge in [-0.3, -0.25) is 4.40 Å². The van der Waals surface area contributed by atoms with E-state index in [2.05, 4.69) is 20.9 Å². The number of aromatic nitrogens is 2. The third-order valence-electron chi connectivity index (χ3n) is 2.32. The summed E-state index contributed by atoms with van der Waals surface area (Å²) in [5, 5.41) is 9.78. The van der Waals surface area contributed by atoms with Crippen LogP contribution in [0.3, 0.4) is 0 Å². The van der Waals surface area contributed by atoms with Gasteiger partial charge in [0.15, 0.2) is 22.1 Å². The Labute approximate surface area is 99.3 Å². The van der Waals surface area contributed by atoms with E-state index in [1.807, 2.05) is 6.07 Å². The number of halogens is 1. The van der Waals surface area contributed by atoms with E-state index < -0.39 is 0 Å². The average Bonchev–Trinajstić information content (AvgIpc) is 2.84. The van der Waals surface area contributed by atoms with Gasteiger partial charge in [-0.05, 0) is 40.2 Å². The number of furan rings is 1. The van der Waals surface area contributed by atoms with Crippen molar-refractivity contribution in [2.75, 3.05) is 0 Å². The van der Waals surface area contributed by atoms with Gasteiger partial charge in [0.05, 0.1) is 11.7 Å². The Morgan fingerprint density at radius 2 is 2.12 bits per heavy atom. The smallest absolute Gasteiger partial charge is 0.197 e. The Balaban J connectivity index is 2.32. The normalized spacial score (nSPS) is 11.1. The van der Waals surface area contributed by atoms with Crippen molar-refractivity contribution in [2.45, 2.75) is 0 Å². The van der Waals surface area contributed by atoms with Crippen molar-refractivity contribution >= 4 is 21.4 Å². The Hall–Kier alpha value is -1.75. The molecule has 0 unspecified atom stereocenters. The van der Waals surface area contributed by atoms with Crippen LogP contribution in [0.2, 0.25) is 0 Å². The molecule has 0 amide bonds. The summed E-state index contributed by atoms with van der Waals surface area (Å²) in [4.78, 5) is 4.23. The third kappa shape index (κ3) is 1.32. The van der Waals surface area contributed by atoms with Crippen molar-refractivity contribution in [1.82, 2.24) is 9.38 Å². The molecule has 16 heavy (non-hydrogen) atoms. The summed E-state index contributed by atoms with van der Waals surface area (Å²) in [6.07, 6.45) is 1.69. The van der Waals surface area contributed by atoms with Gasteiger partial charge in [0, 0.05) is 0 Å². The van der Waals surface area contributed by atoms with Crippen LogP contribution >= 0.6 is 15.9 Å². The molecule has 3 aromatic heterocycles. The molecule has 0 radical (unpaired) electrons. The minimum Gasteiger partial charge on any atom is -0.494 e. The largest absolute Gasteiger partial charge is 0.494 e. The van der Waals surface area contributed by atoms with Crippen LogP contribution in [0.4, 0.5) is 0 Å². The van der Waals surface area contributed by atoms with E-state index in [4.69, 9.17) is 4.42 Å². The topological polar surface area (TPSA) is 50.7 Å². The van der Waals surface area contributed by atoms with E-state index in [9.17, 15) is 5.11 Å². The number of hydrogen-bond donors (Lipinski definition) is 1. The van der Waals surface area contributed by atoms with Gasteiger partial charge >= 0.3 is 0 Å². The maximum absolute atomic E-state index is 9.78. The molecule has 1 N–H and O–H groups in total. The van der Waals surface area contributed by atoms with Gasteiger partial charge in [-0.15, -0.1) is 0 Å². The quantitative estimate of drug-likeness (QED) is 0.744. The maximum Gasteiger partial charge on any atom is 0.197 e. The number of imidazole rings is 1. The first-order chi connectivity index (χ1) is 7.75. The highest BCUT2D eigenvalue weighted by atomic mass is 79.9. The molecular formula is C11H7BrN2O2. The summed E-state index contributed by atoms with van der Waals surface area (Å²) < 4.78 is 7.68. The third-order valence-corrected chi connectivity index (χ3v) is 2.75. The SMILES string of the molecule is Oc1cccc2cnc(-c3ccc(Br)o3)n12. The van der Waals surface area contributed by atoms with Crippen LogP contribution in [-0.2, 0) is 0 Å². The fourth-order valence-electron chi connectivity index (χ4n) is 1.64. The predicted octanol–water partition coefficient (Wildman–Crippen LogP) is 3.06. The van der Waals surface area contributed by atoms with Gasteiger partial charge in [-0.2, -0.15) is 0 Å². The maximum atomic E-state index is 9.78. The number of pyridine rings is 1. The van der Waals surface area contributed by atoms with Gasteiger partial charge in [0.2, 0.25) is 0 Å². The molecule has 0 atom stereocenters.